The van der Waals surface area contributed by atoms with Crippen molar-refractivity contribution >= 4 is 22.6 Å². The predicted molar refractivity (Wildman–Crippen MR) is 94.2 cm³/mol. The van der Waals surface area contributed by atoms with E-state index < -0.39 is 0 Å². The van der Waals surface area contributed by atoms with Crippen LogP contribution in [0.25, 0.3) is 0 Å². The van der Waals surface area contributed by atoms with Crippen molar-refractivity contribution in [1.82, 2.24) is 10.2 Å². The van der Waals surface area contributed by atoms with Crippen molar-refractivity contribution in [3.05, 3.63) is 0 Å². The molecule has 0 radical (unpaired) electrons. The number of rotatable bonds is 8. The summed E-state index contributed by atoms with van der Waals surface area (Å²) < 4.78 is 1.24. The highest BCUT2D eigenvalue weighted by molar-refractivity contribution is 14.1. The molecule has 3 heteroatoms. The van der Waals surface area contributed by atoms with E-state index in [1.54, 1.807) is 0 Å². The molecule has 0 aromatic carbocycles. The number of nitrogens with zero attached hydrogens (tertiary/aromatic N) is 1. The van der Waals surface area contributed by atoms with E-state index in [0.717, 1.165) is 13.1 Å². The van der Waals surface area contributed by atoms with Gasteiger partial charge in [0, 0.05) is 24.1 Å². The third-order valence-electron chi connectivity index (χ3n) is 3.98. The molecule has 114 valence electrons. The van der Waals surface area contributed by atoms with E-state index in [2.05, 4.69) is 60.5 Å². The monoisotopic (exact) mass is 380 g/mol. The molecule has 1 saturated heterocycles. The van der Waals surface area contributed by atoms with Crippen molar-refractivity contribution < 1.29 is 0 Å². The van der Waals surface area contributed by atoms with Crippen LogP contribution in [0.5, 0.6) is 0 Å². The third-order valence-corrected chi connectivity index (χ3v) is 6.04. The summed E-state index contributed by atoms with van der Waals surface area (Å²) in [5, 5.41) is 3.68. The predicted octanol–water partition coefficient (Wildman–Crippen LogP) is 3.94. The summed E-state index contributed by atoms with van der Waals surface area (Å²) in [6, 6.07) is 0. The minimum atomic E-state index is 0.399. The summed E-state index contributed by atoms with van der Waals surface area (Å²) in [4.78, 5) is 2.61. The lowest BCUT2D eigenvalue weighted by molar-refractivity contribution is 0.199. The normalized spacial score (nSPS) is 18.8. The van der Waals surface area contributed by atoms with Crippen molar-refractivity contribution in [3.8, 4) is 0 Å². The van der Waals surface area contributed by atoms with E-state index in [0.29, 0.717) is 10.8 Å². The smallest absolute Gasteiger partial charge is 0.0107 e. The van der Waals surface area contributed by atoms with E-state index >= 15 is 0 Å². The summed E-state index contributed by atoms with van der Waals surface area (Å²) in [7, 11) is 0. The Balaban J connectivity index is 2.16. The zero-order valence-electron chi connectivity index (χ0n) is 13.4. The minimum Gasteiger partial charge on any atom is -0.315 e. The fraction of sp³-hybridized carbons (Fsp3) is 1.00. The second-order valence-electron chi connectivity index (χ2n) is 7.72. The summed E-state index contributed by atoms with van der Waals surface area (Å²) in [6.45, 7) is 15.7. The quantitative estimate of drug-likeness (QED) is 0.390. The van der Waals surface area contributed by atoms with Gasteiger partial charge in [-0.1, -0.05) is 56.7 Å². The first-order valence-electron chi connectivity index (χ1n) is 7.84. The van der Waals surface area contributed by atoms with Gasteiger partial charge in [-0.05, 0) is 43.2 Å². The standard InChI is InChI=1S/C16H33IN2/c1-15(2,13-17)12-16(3,4)14-18-8-11-19-9-6-5-7-10-19/h18H,5-14H2,1-4H3. The lowest BCUT2D eigenvalue weighted by atomic mass is 9.76. The lowest BCUT2D eigenvalue weighted by Crippen LogP contribution is -2.39. The zero-order valence-corrected chi connectivity index (χ0v) is 15.6. The van der Waals surface area contributed by atoms with Crippen molar-refractivity contribution in [2.75, 3.05) is 37.2 Å². The van der Waals surface area contributed by atoms with Crippen LogP contribution < -0.4 is 5.32 Å². The average molecular weight is 380 g/mol. The minimum absolute atomic E-state index is 0.399. The maximum absolute atomic E-state index is 3.68. The molecule has 19 heavy (non-hydrogen) atoms. The van der Waals surface area contributed by atoms with Crippen LogP contribution in [0.4, 0.5) is 0 Å². The van der Waals surface area contributed by atoms with Gasteiger partial charge < -0.3 is 10.2 Å². The molecule has 0 saturated carbocycles. The number of likely N-dealkylation sites (tertiary alicyclic amines) is 1. The Kier molecular flexibility index (Phi) is 7.62. The van der Waals surface area contributed by atoms with Gasteiger partial charge in [0.05, 0.1) is 0 Å². The fourth-order valence-corrected chi connectivity index (χ4v) is 3.52. The first-order chi connectivity index (χ1) is 8.85. The molecule has 2 nitrogen and oxygen atoms in total. The van der Waals surface area contributed by atoms with Crippen LogP contribution in [0.3, 0.4) is 0 Å². The maximum atomic E-state index is 3.68. The molecule has 1 aliphatic rings. The molecule has 0 aromatic heterocycles. The number of halogens is 1. The van der Waals surface area contributed by atoms with Gasteiger partial charge in [0.1, 0.15) is 0 Å². The summed E-state index contributed by atoms with van der Waals surface area (Å²) >= 11 is 2.52. The summed E-state index contributed by atoms with van der Waals surface area (Å²) in [6.07, 6.45) is 5.52. The highest BCUT2D eigenvalue weighted by atomic mass is 127. The molecule has 0 bridgehead atoms. The van der Waals surface area contributed by atoms with Crippen molar-refractivity contribution in [2.24, 2.45) is 10.8 Å². The van der Waals surface area contributed by atoms with Gasteiger partial charge in [-0.15, -0.1) is 0 Å². The van der Waals surface area contributed by atoms with Crippen molar-refractivity contribution in [2.45, 2.75) is 53.4 Å². The zero-order chi connectivity index (χ0) is 14.4. The van der Waals surface area contributed by atoms with E-state index in [4.69, 9.17) is 0 Å². The Hall–Kier alpha value is 0.650. The van der Waals surface area contributed by atoms with Gasteiger partial charge >= 0.3 is 0 Å². The Morgan fingerprint density at radius 3 is 2.21 bits per heavy atom. The van der Waals surface area contributed by atoms with Crippen LogP contribution in [0.2, 0.25) is 0 Å². The Morgan fingerprint density at radius 1 is 1.00 bits per heavy atom. The van der Waals surface area contributed by atoms with Gasteiger partial charge in [0.2, 0.25) is 0 Å². The van der Waals surface area contributed by atoms with Gasteiger partial charge in [-0.2, -0.15) is 0 Å². The van der Waals surface area contributed by atoms with E-state index in [1.165, 1.54) is 49.7 Å². The molecule has 1 fully saturated rings. The number of hydrogen-bond donors (Lipinski definition) is 1. The number of hydrogen-bond acceptors (Lipinski definition) is 2. The molecule has 0 spiro atoms. The molecule has 1 rings (SSSR count). The maximum Gasteiger partial charge on any atom is 0.0107 e. The van der Waals surface area contributed by atoms with Crippen LogP contribution in [-0.4, -0.2) is 42.1 Å². The largest absolute Gasteiger partial charge is 0.315 e. The molecular formula is C16H33IN2. The first kappa shape index (κ1) is 17.7. The van der Waals surface area contributed by atoms with Gasteiger partial charge in [-0.25, -0.2) is 0 Å². The molecule has 1 heterocycles. The molecule has 0 aromatic rings. The molecule has 1 aliphatic heterocycles. The van der Waals surface area contributed by atoms with Gasteiger partial charge in [0.25, 0.3) is 0 Å². The molecule has 0 aliphatic carbocycles. The van der Waals surface area contributed by atoms with Crippen molar-refractivity contribution in [1.29, 1.82) is 0 Å². The Labute approximate surface area is 134 Å². The number of nitrogens with one attached hydrogen (secondary N) is 1. The molecule has 0 atom stereocenters. The third kappa shape index (κ3) is 7.86. The van der Waals surface area contributed by atoms with Crippen LogP contribution in [-0.2, 0) is 0 Å². The fourth-order valence-electron chi connectivity index (χ4n) is 3.25. The van der Waals surface area contributed by atoms with Crippen molar-refractivity contribution in [3.63, 3.8) is 0 Å². The van der Waals surface area contributed by atoms with Gasteiger partial charge in [0.15, 0.2) is 0 Å². The molecular weight excluding hydrogens is 347 g/mol. The molecule has 0 unspecified atom stereocenters. The van der Waals surface area contributed by atoms with E-state index in [9.17, 15) is 0 Å². The molecule has 0 amide bonds. The van der Waals surface area contributed by atoms with Crippen LogP contribution >= 0.6 is 22.6 Å². The second-order valence-corrected chi connectivity index (χ2v) is 8.48. The lowest BCUT2D eigenvalue weighted by Gasteiger charge is -2.34. The highest BCUT2D eigenvalue weighted by Crippen LogP contribution is 2.34. The summed E-state index contributed by atoms with van der Waals surface area (Å²) in [5.41, 5.74) is 0.856. The Morgan fingerprint density at radius 2 is 1.63 bits per heavy atom. The van der Waals surface area contributed by atoms with Gasteiger partial charge in [-0.3, -0.25) is 0 Å². The average Bonchev–Trinajstić information content (AvgIpc) is 2.35. The summed E-state index contributed by atoms with van der Waals surface area (Å²) in [5.74, 6) is 0. The SMILES string of the molecule is CC(C)(CI)CC(C)(C)CNCCN1CCCCC1. The van der Waals surface area contributed by atoms with Crippen LogP contribution in [0.1, 0.15) is 53.4 Å². The highest BCUT2D eigenvalue weighted by Gasteiger charge is 2.27. The number of alkyl halides is 1. The number of piperidine rings is 1. The Bertz CT molecular complexity index is 245. The van der Waals surface area contributed by atoms with E-state index in [1.807, 2.05) is 0 Å². The van der Waals surface area contributed by atoms with Crippen LogP contribution in [0.15, 0.2) is 0 Å². The topological polar surface area (TPSA) is 15.3 Å². The van der Waals surface area contributed by atoms with E-state index in [-0.39, 0.29) is 0 Å². The molecule has 1 N–H and O–H groups in total. The second kappa shape index (κ2) is 8.18. The first-order valence-corrected chi connectivity index (χ1v) is 9.36. The van der Waals surface area contributed by atoms with Crippen LogP contribution in [0, 0.1) is 10.8 Å².